The maximum Gasteiger partial charge on any atom is 0.408 e. The van der Waals surface area contributed by atoms with Gasteiger partial charge in [0, 0.05) is 37.5 Å². The Balaban J connectivity index is 1.33. The quantitative estimate of drug-likeness (QED) is 0.119. The number of likely N-dealkylation sites (tertiary alicyclic amines) is 1. The number of rotatable bonds is 12. The van der Waals surface area contributed by atoms with Gasteiger partial charge in [0.25, 0.3) is 0 Å². The van der Waals surface area contributed by atoms with Crippen molar-refractivity contribution < 1.29 is 14.3 Å². The summed E-state index contributed by atoms with van der Waals surface area (Å²) in [5, 5.41) is 6.23. The third-order valence-electron chi connectivity index (χ3n) is 8.39. The van der Waals surface area contributed by atoms with E-state index in [0.717, 1.165) is 49.2 Å². The Labute approximate surface area is 290 Å². The molecule has 0 saturated carbocycles. The zero-order valence-corrected chi connectivity index (χ0v) is 29.0. The summed E-state index contributed by atoms with van der Waals surface area (Å²) in [6, 6.07) is 41.5. The fraction of sp³-hybridized carbons (Fsp3) is 0.317. The fourth-order valence-electron chi connectivity index (χ4n) is 6.12. The second-order valence-corrected chi connectivity index (χ2v) is 14.5. The number of hydrogen-bond acceptors (Lipinski definition) is 5. The zero-order valence-electron chi connectivity index (χ0n) is 28.2. The number of carbonyl (C=O) groups is 2. The van der Waals surface area contributed by atoms with Crippen LogP contribution in [-0.2, 0) is 20.8 Å². The molecule has 2 N–H and O–H groups in total. The minimum Gasteiger partial charge on any atom is -0.444 e. The molecule has 1 atom stereocenters. The third-order valence-corrected chi connectivity index (χ3v) is 10.1. The van der Waals surface area contributed by atoms with Crippen molar-refractivity contribution in [1.29, 1.82) is 0 Å². The lowest BCUT2D eigenvalue weighted by Crippen LogP contribution is -2.44. The van der Waals surface area contributed by atoms with E-state index in [9.17, 15) is 9.59 Å². The van der Waals surface area contributed by atoms with Gasteiger partial charge in [-0.3, -0.25) is 9.69 Å². The normalized spacial score (nSPS) is 15.1. The number of piperidine rings is 1. The smallest absolute Gasteiger partial charge is 0.408 e. The number of ether oxygens (including phenoxy) is 1. The Hall–Kier alpha value is -4.33. The molecule has 5 rings (SSSR count). The molecule has 4 aromatic rings. The molecule has 48 heavy (non-hydrogen) atoms. The molecule has 0 bridgehead atoms. The van der Waals surface area contributed by atoms with Gasteiger partial charge in [0.2, 0.25) is 5.91 Å². The van der Waals surface area contributed by atoms with Gasteiger partial charge < -0.3 is 15.4 Å². The van der Waals surface area contributed by atoms with Crippen LogP contribution in [-0.4, -0.2) is 53.4 Å². The summed E-state index contributed by atoms with van der Waals surface area (Å²) < 4.78 is 5.07. The highest BCUT2D eigenvalue weighted by atomic mass is 32.2. The lowest BCUT2D eigenvalue weighted by atomic mass is 9.84. The van der Waals surface area contributed by atoms with Crippen LogP contribution < -0.4 is 10.6 Å². The first-order valence-electron chi connectivity index (χ1n) is 16.8. The first-order valence-corrected chi connectivity index (χ1v) is 17.7. The summed E-state index contributed by atoms with van der Waals surface area (Å²) in [6.45, 7) is 8.32. The van der Waals surface area contributed by atoms with Crippen LogP contribution in [0.2, 0.25) is 0 Å². The highest BCUT2D eigenvalue weighted by molar-refractivity contribution is 8.00. The van der Waals surface area contributed by atoms with Gasteiger partial charge in [-0.15, -0.1) is 11.8 Å². The number of benzene rings is 4. The van der Waals surface area contributed by atoms with E-state index in [-0.39, 0.29) is 11.9 Å². The number of nitrogens with zero attached hydrogens (tertiary/aromatic N) is 1. The fourth-order valence-corrected chi connectivity index (χ4v) is 7.65. The van der Waals surface area contributed by atoms with E-state index in [1.54, 1.807) is 23.9 Å². The van der Waals surface area contributed by atoms with E-state index in [1.165, 1.54) is 5.56 Å². The van der Waals surface area contributed by atoms with Crippen LogP contribution >= 0.6 is 11.8 Å². The molecule has 0 aliphatic carbocycles. The summed E-state index contributed by atoms with van der Waals surface area (Å²) in [6.07, 6.45) is 4.63. The molecule has 1 heterocycles. The molecule has 4 aromatic carbocycles. The topological polar surface area (TPSA) is 70.7 Å². The van der Waals surface area contributed by atoms with Crippen LogP contribution in [0.5, 0.6) is 0 Å². The standard InChI is InChI=1S/C41H47N3O3S/c1-40(2,3)47-39(46)43-37(24-25-38(45)42-36-26-28-44(29-27-36)30-32-16-8-4-9-17-32)31-48-41(33-18-10-5-11-19-33,34-20-12-6-13-21-34)35-22-14-7-15-23-35/h4-25,36-37H,26-31H2,1-3H3,(H,42,45)(H,43,46)/b25-24+/t37-/m1/s1. The summed E-state index contributed by atoms with van der Waals surface area (Å²) >= 11 is 1.73. The van der Waals surface area contributed by atoms with Gasteiger partial charge in [-0.2, -0.15) is 0 Å². The van der Waals surface area contributed by atoms with Gasteiger partial charge in [-0.1, -0.05) is 127 Å². The monoisotopic (exact) mass is 661 g/mol. The van der Waals surface area contributed by atoms with Crippen LogP contribution in [0.3, 0.4) is 0 Å². The molecular weight excluding hydrogens is 615 g/mol. The van der Waals surface area contributed by atoms with Crippen molar-refractivity contribution in [3.05, 3.63) is 156 Å². The highest BCUT2D eigenvalue weighted by Gasteiger charge is 2.37. The number of thioether (sulfide) groups is 1. The molecule has 1 aliphatic heterocycles. The molecule has 0 aromatic heterocycles. The van der Waals surface area contributed by atoms with Gasteiger partial charge in [0.05, 0.1) is 10.8 Å². The van der Waals surface area contributed by atoms with E-state index >= 15 is 0 Å². The predicted molar refractivity (Wildman–Crippen MR) is 197 cm³/mol. The van der Waals surface area contributed by atoms with Crippen LogP contribution in [0.15, 0.2) is 133 Å². The molecular formula is C41H47N3O3S. The largest absolute Gasteiger partial charge is 0.444 e. The van der Waals surface area contributed by atoms with Crippen molar-refractivity contribution in [1.82, 2.24) is 15.5 Å². The summed E-state index contributed by atoms with van der Waals surface area (Å²) in [4.78, 5) is 28.7. The van der Waals surface area contributed by atoms with E-state index in [2.05, 4.69) is 113 Å². The van der Waals surface area contributed by atoms with Crippen molar-refractivity contribution in [2.24, 2.45) is 0 Å². The molecule has 0 spiro atoms. The van der Waals surface area contributed by atoms with E-state index in [0.29, 0.717) is 5.75 Å². The Morgan fingerprint density at radius 3 is 1.75 bits per heavy atom. The van der Waals surface area contributed by atoms with Crippen molar-refractivity contribution in [3.8, 4) is 0 Å². The number of amides is 2. The van der Waals surface area contributed by atoms with Crippen LogP contribution in [0.4, 0.5) is 4.79 Å². The maximum atomic E-state index is 13.2. The third kappa shape index (κ3) is 9.85. The highest BCUT2D eigenvalue weighted by Crippen LogP contribution is 2.48. The molecule has 2 amide bonds. The summed E-state index contributed by atoms with van der Waals surface area (Å²) in [5.41, 5.74) is 4.04. The molecule has 0 unspecified atom stereocenters. The Morgan fingerprint density at radius 2 is 1.27 bits per heavy atom. The second kappa shape index (κ2) is 16.7. The maximum absolute atomic E-state index is 13.2. The van der Waals surface area contributed by atoms with Crippen molar-refractivity contribution in [3.63, 3.8) is 0 Å². The van der Waals surface area contributed by atoms with Gasteiger partial charge in [0.1, 0.15) is 5.60 Å². The van der Waals surface area contributed by atoms with E-state index in [4.69, 9.17) is 4.74 Å². The lowest BCUT2D eigenvalue weighted by Gasteiger charge is -2.36. The first-order chi connectivity index (χ1) is 23.2. The second-order valence-electron chi connectivity index (χ2n) is 13.2. The SMILES string of the molecule is CC(C)(C)OC(=O)N[C@H](/C=C/C(=O)NC1CCN(Cc2ccccc2)CC1)CSC(c1ccccc1)(c1ccccc1)c1ccccc1. The lowest BCUT2D eigenvalue weighted by molar-refractivity contribution is -0.117. The molecule has 6 nitrogen and oxygen atoms in total. The molecule has 7 heteroatoms. The number of alkyl carbamates (subject to hydrolysis) is 1. The van der Waals surface area contributed by atoms with Crippen LogP contribution in [0.1, 0.15) is 55.9 Å². The predicted octanol–water partition coefficient (Wildman–Crippen LogP) is 7.94. The van der Waals surface area contributed by atoms with Crippen molar-refractivity contribution in [2.45, 2.75) is 62.6 Å². The van der Waals surface area contributed by atoms with Gasteiger partial charge in [-0.25, -0.2) is 4.79 Å². The molecule has 1 aliphatic rings. The Bertz CT molecular complexity index is 1500. The van der Waals surface area contributed by atoms with Crippen molar-refractivity contribution >= 4 is 23.8 Å². The minimum atomic E-state index is -0.653. The molecule has 0 radical (unpaired) electrons. The Kier molecular flexibility index (Phi) is 12.2. The number of hydrogen-bond donors (Lipinski definition) is 2. The van der Waals surface area contributed by atoms with Crippen molar-refractivity contribution in [2.75, 3.05) is 18.8 Å². The number of carbonyl (C=O) groups excluding carboxylic acids is 2. The molecule has 1 fully saturated rings. The summed E-state index contributed by atoms with van der Waals surface area (Å²) in [5.74, 6) is 0.331. The molecule has 1 saturated heterocycles. The van der Waals surface area contributed by atoms with Crippen LogP contribution in [0, 0.1) is 0 Å². The van der Waals surface area contributed by atoms with Gasteiger partial charge in [-0.05, 0) is 55.9 Å². The van der Waals surface area contributed by atoms with Gasteiger partial charge >= 0.3 is 6.09 Å². The Morgan fingerprint density at radius 1 is 0.792 bits per heavy atom. The first kappa shape index (κ1) is 35.0. The average molecular weight is 662 g/mol. The van der Waals surface area contributed by atoms with E-state index in [1.807, 2.05) is 45.0 Å². The zero-order chi connectivity index (χ0) is 33.8. The van der Waals surface area contributed by atoms with Gasteiger partial charge in [0.15, 0.2) is 0 Å². The molecule has 250 valence electrons. The summed E-state index contributed by atoms with van der Waals surface area (Å²) in [7, 11) is 0. The minimum absolute atomic E-state index is 0.114. The average Bonchev–Trinajstić information content (AvgIpc) is 3.09. The van der Waals surface area contributed by atoms with E-state index < -0.39 is 22.5 Å². The van der Waals surface area contributed by atoms with Crippen LogP contribution in [0.25, 0.3) is 0 Å². The number of nitrogens with one attached hydrogen (secondary N) is 2.